The summed E-state index contributed by atoms with van der Waals surface area (Å²) in [5, 5.41) is 0. The van der Waals surface area contributed by atoms with Gasteiger partial charge in [-0.05, 0) is 45.1 Å². The molecule has 0 saturated carbocycles. The number of likely N-dealkylation sites (tertiary alicyclic amines) is 1. The van der Waals surface area contributed by atoms with Crippen molar-refractivity contribution in [3.05, 3.63) is 35.9 Å². The Bertz CT molecular complexity index is 542. The molecule has 4 heteroatoms. The maximum atomic E-state index is 12.4. The second kappa shape index (κ2) is 9.52. The number of hydrogen-bond acceptors (Lipinski definition) is 4. The lowest BCUT2D eigenvalue weighted by atomic mass is 9.96. The largest absolute Gasteiger partial charge is 0.460 e. The minimum absolute atomic E-state index is 0.144. The highest BCUT2D eigenvalue weighted by Crippen LogP contribution is 2.21. The first-order chi connectivity index (χ1) is 12.2. The number of esters is 1. The quantitative estimate of drug-likeness (QED) is 0.680. The van der Waals surface area contributed by atoms with Crippen LogP contribution in [0.3, 0.4) is 0 Å². The molecule has 1 aromatic carbocycles. The molecule has 0 bridgehead atoms. The lowest BCUT2D eigenvalue weighted by Gasteiger charge is -2.33. The molecule has 1 unspecified atom stereocenters. The van der Waals surface area contributed by atoms with Gasteiger partial charge >= 0.3 is 5.97 Å². The van der Waals surface area contributed by atoms with Crippen molar-refractivity contribution in [1.82, 2.24) is 4.90 Å². The third kappa shape index (κ3) is 7.08. The Morgan fingerprint density at radius 3 is 2.31 bits per heavy atom. The van der Waals surface area contributed by atoms with Gasteiger partial charge in [-0.1, -0.05) is 44.2 Å². The molecule has 2 rings (SSSR count). The van der Waals surface area contributed by atoms with Crippen molar-refractivity contribution >= 4 is 5.97 Å². The van der Waals surface area contributed by atoms with E-state index < -0.39 is 5.60 Å². The van der Waals surface area contributed by atoms with Gasteiger partial charge in [0.05, 0.1) is 18.6 Å². The number of carbonyl (C=O) groups is 1. The predicted octanol–water partition coefficient (Wildman–Crippen LogP) is 4.28. The van der Waals surface area contributed by atoms with E-state index in [4.69, 9.17) is 9.47 Å². The van der Waals surface area contributed by atoms with E-state index in [0.29, 0.717) is 6.61 Å². The molecule has 0 aliphatic carbocycles. The molecule has 1 atom stereocenters. The minimum atomic E-state index is -0.451. The first kappa shape index (κ1) is 20.9. The molecule has 1 aliphatic heterocycles. The normalized spacial score (nSPS) is 18.1. The molecule has 0 spiro atoms. The zero-order chi connectivity index (χ0) is 19.2. The van der Waals surface area contributed by atoms with Crippen molar-refractivity contribution in [1.29, 1.82) is 0 Å². The summed E-state index contributed by atoms with van der Waals surface area (Å²) >= 11 is 0. The number of hydrogen-bond donors (Lipinski definition) is 0. The summed E-state index contributed by atoms with van der Waals surface area (Å²) in [7, 11) is 0. The van der Waals surface area contributed by atoms with E-state index in [1.807, 2.05) is 20.8 Å². The van der Waals surface area contributed by atoms with Crippen LogP contribution < -0.4 is 0 Å². The second-order valence-corrected chi connectivity index (χ2v) is 8.68. The summed E-state index contributed by atoms with van der Waals surface area (Å²) < 4.78 is 11.7. The number of piperidine rings is 1. The highest BCUT2D eigenvalue weighted by atomic mass is 16.6. The highest BCUT2D eigenvalue weighted by molar-refractivity contribution is 5.73. The maximum Gasteiger partial charge on any atom is 0.312 e. The summed E-state index contributed by atoms with van der Waals surface area (Å²) in [5.74, 6) is -0.131. The van der Waals surface area contributed by atoms with Crippen molar-refractivity contribution < 1.29 is 14.3 Å². The summed E-state index contributed by atoms with van der Waals surface area (Å²) in [5.41, 5.74) is 0.907. The molecule has 4 nitrogen and oxygen atoms in total. The minimum Gasteiger partial charge on any atom is -0.460 e. The molecule has 26 heavy (non-hydrogen) atoms. The molecule has 0 radical (unpaired) electrons. The number of ether oxygens (including phenoxy) is 2. The second-order valence-electron chi connectivity index (χ2n) is 8.68. The molecular weight excluding hydrogens is 326 g/mol. The average molecular weight is 362 g/mol. The van der Waals surface area contributed by atoms with Crippen LogP contribution >= 0.6 is 0 Å². The van der Waals surface area contributed by atoms with E-state index in [9.17, 15) is 4.79 Å². The molecule has 1 fully saturated rings. The first-order valence-corrected chi connectivity index (χ1v) is 9.85. The summed E-state index contributed by atoms with van der Waals surface area (Å²) in [6, 6.07) is 10.6. The Morgan fingerprint density at radius 1 is 1.15 bits per heavy atom. The van der Waals surface area contributed by atoms with Crippen molar-refractivity contribution in [2.45, 2.75) is 65.7 Å². The first-order valence-electron chi connectivity index (χ1n) is 9.85. The van der Waals surface area contributed by atoms with Crippen LogP contribution in [0.4, 0.5) is 0 Å². The van der Waals surface area contributed by atoms with Gasteiger partial charge < -0.3 is 9.47 Å². The van der Waals surface area contributed by atoms with E-state index in [2.05, 4.69) is 49.1 Å². The lowest BCUT2D eigenvalue weighted by molar-refractivity contribution is -0.165. The number of rotatable bonds is 7. The summed E-state index contributed by atoms with van der Waals surface area (Å²) in [6.07, 6.45) is 2.28. The molecule has 146 valence electrons. The van der Waals surface area contributed by atoms with Crippen molar-refractivity contribution in [2.75, 3.05) is 19.7 Å². The summed E-state index contributed by atoms with van der Waals surface area (Å²) in [6.45, 7) is 13.4. The molecular formula is C22H35NO3. The van der Waals surface area contributed by atoms with Crippen LogP contribution in [0.25, 0.3) is 0 Å². The van der Waals surface area contributed by atoms with Crippen LogP contribution in [0, 0.1) is 11.8 Å². The zero-order valence-electron chi connectivity index (χ0n) is 17.0. The predicted molar refractivity (Wildman–Crippen MR) is 105 cm³/mol. The van der Waals surface area contributed by atoms with Crippen molar-refractivity contribution in [3.63, 3.8) is 0 Å². The fraction of sp³-hybridized carbons (Fsp3) is 0.682. The molecule has 0 amide bonds. The Kier molecular flexibility index (Phi) is 7.66. The van der Waals surface area contributed by atoms with Gasteiger partial charge in [-0.3, -0.25) is 9.69 Å². The van der Waals surface area contributed by atoms with Gasteiger partial charge in [-0.2, -0.15) is 0 Å². The van der Waals surface area contributed by atoms with Crippen LogP contribution in [0.2, 0.25) is 0 Å². The fourth-order valence-electron chi connectivity index (χ4n) is 3.23. The SMILES string of the molecule is CC(C)C(COC1CCN(Cc2ccccc2)CC1)C(=O)OC(C)(C)C. The van der Waals surface area contributed by atoms with Gasteiger partial charge in [0.25, 0.3) is 0 Å². The molecule has 1 aromatic rings. The average Bonchev–Trinajstić information content (AvgIpc) is 2.55. The number of nitrogens with zero attached hydrogens (tertiary/aromatic N) is 1. The van der Waals surface area contributed by atoms with E-state index in [-0.39, 0.29) is 23.9 Å². The standard InChI is InChI=1S/C22H35NO3/c1-17(2)20(21(24)26-22(3,4)5)16-25-19-11-13-23(14-12-19)15-18-9-7-6-8-10-18/h6-10,17,19-20H,11-16H2,1-5H3. The molecule has 0 N–H and O–H groups in total. The third-order valence-electron chi connectivity index (χ3n) is 4.81. The molecule has 1 saturated heterocycles. The van der Waals surface area contributed by atoms with Crippen molar-refractivity contribution in [2.24, 2.45) is 11.8 Å². The topological polar surface area (TPSA) is 38.8 Å². The van der Waals surface area contributed by atoms with Crippen LogP contribution in [0.1, 0.15) is 53.0 Å². The van der Waals surface area contributed by atoms with Crippen LogP contribution in [-0.2, 0) is 20.8 Å². The van der Waals surface area contributed by atoms with Gasteiger partial charge in [-0.25, -0.2) is 0 Å². The van der Waals surface area contributed by atoms with E-state index in [1.54, 1.807) is 0 Å². The molecule has 1 heterocycles. The van der Waals surface area contributed by atoms with Crippen LogP contribution in [0.5, 0.6) is 0 Å². The fourth-order valence-corrected chi connectivity index (χ4v) is 3.23. The number of benzene rings is 1. The van der Waals surface area contributed by atoms with Crippen LogP contribution in [0.15, 0.2) is 30.3 Å². The Labute approximate surface area is 158 Å². The maximum absolute atomic E-state index is 12.4. The monoisotopic (exact) mass is 361 g/mol. The Balaban J connectivity index is 1.76. The summed E-state index contributed by atoms with van der Waals surface area (Å²) in [4.78, 5) is 14.9. The van der Waals surface area contributed by atoms with Gasteiger partial charge in [0.2, 0.25) is 0 Å². The Hall–Kier alpha value is -1.39. The smallest absolute Gasteiger partial charge is 0.312 e. The van der Waals surface area contributed by atoms with Gasteiger partial charge in [0.1, 0.15) is 5.60 Å². The highest BCUT2D eigenvalue weighted by Gasteiger charge is 2.29. The van der Waals surface area contributed by atoms with Gasteiger partial charge in [-0.15, -0.1) is 0 Å². The third-order valence-corrected chi connectivity index (χ3v) is 4.81. The molecule has 0 aromatic heterocycles. The molecule has 1 aliphatic rings. The van der Waals surface area contributed by atoms with E-state index in [0.717, 1.165) is 32.5 Å². The Morgan fingerprint density at radius 2 is 1.77 bits per heavy atom. The van der Waals surface area contributed by atoms with Gasteiger partial charge in [0, 0.05) is 19.6 Å². The van der Waals surface area contributed by atoms with Crippen molar-refractivity contribution in [3.8, 4) is 0 Å². The van der Waals surface area contributed by atoms with Crippen LogP contribution in [-0.4, -0.2) is 42.3 Å². The van der Waals surface area contributed by atoms with Gasteiger partial charge in [0.15, 0.2) is 0 Å². The zero-order valence-corrected chi connectivity index (χ0v) is 17.0. The number of carbonyl (C=O) groups excluding carboxylic acids is 1. The van der Waals surface area contributed by atoms with E-state index >= 15 is 0 Å². The van der Waals surface area contributed by atoms with E-state index in [1.165, 1.54) is 5.56 Å². The lowest BCUT2D eigenvalue weighted by Crippen LogP contribution is -2.39.